The maximum atomic E-state index is 12.1. The fourth-order valence-corrected chi connectivity index (χ4v) is 1.61. The number of aromatic nitrogens is 3. The first-order valence-electron chi connectivity index (χ1n) is 5.81. The predicted octanol–water partition coefficient (Wildman–Crippen LogP) is 0.447. The van der Waals surface area contributed by atoms with Crippen LogP contribution in [0.25, 0.3) is 0 Å². The van der Waals surface area contributed by atoms with Gasteiger partial charge in [0, 0.05) is 26.7 Å². The summed E-state index contributed by atoms with van der Waals surface area (Å²) in [5, 5.41) is 10.6. The standard InChI is InChI=1S/C10H14F3N5O/c1-17(3-2-10(11,12)13)9(19)8-6-18(16-15-8)7-4-14-5-7/h6-7,14H,2-5H2,1H3. The number of nitrogens with one attached hydrogen (secondary N) is 1. The molecule has 1 aliphatic rings. The van der Waals surface area contributed by atoms with Gasteiger partial charge in [-0.2, -0.15) is 13.2 Å². The molecule has 1 fully saturated rings. The van der Waals surface area contributed by atoms with Gasteiger partial charge in [0.15, 0.2) is 5.69 Å². The summed E-state index contributed by atoms with van der Waals surface area (Å²) in [7, 11) is 1.32. The SMILES string of the molecule is CN(CCC(F)(F)F)C(=O)c1cn(C2CNC2)nn1. The van der Waals surface area contributed by atoms with Gasteiger partial charge in [-0.05, 0) is 0 Å². The quantitative estimate of drug-likeness (QED) is 0.868. The monoisotopic (exact) mass is 277 g/mol. The maximum absolute atomic E-state index is 12.1. The molecule has 0 saturated carbocycles. The third-order valence-electron chi connectivity index (χ3n) is 2.94. The average Bonchev–Trinajstić information content (AvgIpc) is 2.70. The summed E-state index contributed by atoms with van der Waals surface area (Å²) < 4.78 is 37.8. The van der Waals surface area contributed by atoms with E-state index in [0.29, 0.717) is 0 Å². The molecule has 0 spiro atoms. The van der Waals surface area contributed by atoms with Gasteiger partial charge in [-0.3, -0.25) is 4.79 Å². The Morgan fingerprint density at radius 1 is 1.58 bits per heavy atom. The van der Waals surface area contributed by atoms with E-state index in [9.17, 15) is 18.0 Å². The topological polar surface area (TPSA) is 63.1 Å². The van der Waals surface area contributed by atoms with E-state index in [1.165, 1.54) is 13.2 Å². The molecule has 2 heterocycles. The van der Waals surface area contributed by atoms with E-state index in [4.69, 9.17) is 0 Å². The van der Waals surface area contributed by atoms with Crippen molar-refractivity contribution in [1.29, 1.82) is 0 Å². The summed E-state index contributed by atoms with van der Waals surface area (Å²) in [4.78, 5) is 12.8. The van der Waals surface area contributed by atoms with Crippen LogP contribution in [-0.2, 0) is 0 Å². The molecule has 0 bridgehead atoms. The van der Waals surface area contributed by atoms with Crippen molar-refractivity contribution in [3.63, 3.8) is 0 Å². The first-order chi connectivity index (χ1) is 8.87. The normalized spacial score (nSPS) is 16.2. The third kappa shape index (κ3) is 3.43. The lowest BCUT2D eigenvalue weighted by molar-refractivity contribution is -0.136. The Hall–Kier alpha value is -1.64. The lowest BCUT2D eigenvalue weighted by Crippen LogP contribution is -2.43. The Bertz CT molecular complexity index is 454. The van der Waals surface area contributed by atoms with E-state index < -0.39 is 18.5 Å². The van der Waals surface area contributed by atoms with Crippen LogP contribution in [0.5, 0.6) is 0 Å². The Morgan fingerprint density at radius 2 is 2.26 bits per heavy atom. The molecule has 1 aromatic rings. The van der Waals surface area contributed by atoms with E-state index >= 15 is 0 Å². The Balaban J connectivity index is 1.92. The van der Waals surface area contributed by atoms with Gasteiger partial charge in [-0.25, -0.2) is 4.68 Å². The van der Waals surface area contributed by atoms with Gasteiger partial charge in [-0.15, -0.1) is 5.10 Å². The Morgan fingerprint density at radius 3 is 2.79 bits per heavy atom. The molecule has 2 rings (SSSR count). The molecular formula is C10H14F3N5O. The van der Waals surface area contributed by atoms with Crippen molar-refractivity contribution in [3.05, 3.63) is 11.9 Å². The first-order valence-corrected chi connectivity index (χ1v) is 5.81. The highest BCUT2D eigenvalue weighted by atomic mass is 19.4. The van der Waals surface area contributed by atoms with Crippen LogP contribution in [0.1, 0.15) is 23.0 Å². The molecule has 0 unspecified atom stereocenters. The van der Waals surface area contributed by atoms with E-state index in [-0.39, 0.29) is 18.3 Å². The van der Waals surface area contributed by atoms with Crippen molar-refractivity contribution in [3.8, 4) is 0 Å². The van der Waals surface area contributed by atoms with Crippen molar-refractivity contribution < 1.29 is 18.0 Å². The van der Waals surface area contributed by atoms with Crippen LogP contribution in [0, 0.1) is 0 Å². The van der Waals surface area contributed by atoms with Crippen LogP contribution in [0.15, 0.2) is 6.20 Å². The minimum Gasteiger partial charge on any atom is -0.340 e. The van der Waals surface area contributed by atoms with Crippen LogP contribution in [0.2, 0.25) is 0 Å². The second-order valence-corrected chi connectivity index (χ2v) is 4.49. The molecule has 1 N–H and O–H groups in total. The molecule has 1 aliphatic heterocycles. The van der Waals surface area contributed by atoms with Gasteiger partial charge < -0.3 is 10.2 Å². The zero-order chi connectivity index (χ0) is 14.0. The van der Waals surface area contributed by atoms with Crippen LogP contribution in [0.3, 0.4) is 0 Å². The number of hydrogen-bond acceptors (Lipinski definition) is 4. The van der Waals surface area contributed by atoms with Crippen molar-refractivity contribution in [2.45, 2.75) is 18.6 Å². The van der Waals surface area contributed by atoms with E-state index in [2.05, 4.69) is 15.6 Å². The van der Waals surface area contributed by atoms with E-state index in [1.54, 1.807) is 4.68 Å². The molecule has 1 saturated heterocycles. The highest BCUT2D eigenvalue weighted by Gasteiger charge is 2.29. The third-order valence-corrected chi connectivity index (χ3v) is 2.94. The predicted molar refractivity (Wildman–Crippen MR) is 59.6 cm³/mol. The molecule has 1 amide bonds. The van der Waals surface area contributed by atoms with Crippen LogP contribution in [0.4, 0.5) is 13.2 Å². The number of carbonyl (C=O) groups is 1. The first kappa shape index (κ1) is 13.8. The minimum absolute atomic E-state index is 0.0663. The van der Waals surface area contributed by atoms with Crippen LogP contribution in [-0.4, -0.2) is 58.7 Å². The minimum atomic E-state index is -4.27. The molecule has 9 heteroatoms. The largest absolute Gasteiger partial charge is 0.390 e. The molecule has 0 radical (unpaired) electrons. The van der Waals surface area contributed by atoms with Crippen LogP contribution < -0.4 is 5.32 Å². The zero-order valence-electron chi connectivity index (χ0n) is 10.3. The molecule has 1 aromatic heterocycles. The summed E-state index contributed by atoms with van der Waals surface area (Å²) in [6.45, 7) is 1.11. The number of amides is 1. The van der Waals surface area contributed by atoms with Gasteiger partial charge in [0.05, 0.1) is 18.7 Å². The number of hydrogen-bond donors (Lipinski definition) is 1. The van der Waals surface area contributed by atoms with Crippen LogP contribution >= 0.6 is 0 Å². The fraction of sp³-hybridized carbons (Fsp3) is 0.700. The van der Waals surface area contributed by atoms with E-state index in [0.717, 1.165) is 18.0 Å². The Labute approximate surface area is 107 Å². The van der Waals surface area contributed by atoms with Gasteiger partial charge in [0.1, 0.15) is 0 Å². The number of rotatable bonds is 4. The highest BCUT2D eigenvalue weighted by Crippen LogP contribution is 2.19. The van der Waals surface area contributed by atoms with Crippen molar-refractivity contribution in [2.24, 2.45) is 0 Å². The molecule has 0 aromatic carbocycles. The van der Waals surface area contributed by atoms with Gasteiger partial charge in [0.25, 0.3) is 5.91 Å². The molecule has 6 nitrogen and oxygen atoms in total. The zero-order valence-corrected chi connectivity index (χ0v) is 10.3. The van der Waals surface area contributed by atoms with Crippen molar-refractivity contribution in [2.75, 3.05) is 26.7 Å². The smallest absolute Gasteiger partial charge is 0.340 e. The number of halogens is 3. The highest BCUT2D eigenvalue weighted by molar-refractivity contribution is 5.91. The second-order valence-electron chi connectivity index (χ2n) is 4.49. The van der Waals surface area contributed by atoms with Gasteiger partial charge in [0.2, 0.25) is 0 Å². The van der Waals surface area contributed by atoms with Crippen molar-refractivity contribution >= 4 is 5.91 Å². The summed E-state index contributed by atoms with van der Waals surface area (Å²) >= 11 is 0. The lowest BCUT2D eigenvalue weighted by Gasteiger charge is -2.26. The maximum Gasteiger partial charge on any atom is 0.390 e. The second kappa shape index (κ2) is 5.16. The summed E-state index contributed by atoms with van der Waals surface area (Å²) in [5.74, 6) is -0.553. The van der Waals surface area contributed by atoms with E-state index in [1.807, 2.05) is 0 Å². The molecule has 0 atom stereocenters. The lowest BCUT2D eigenvalue weighted by atomic mass is 10.2. The van der Waals surface area contributed by atoms with Crippen molar-refractivity contribution in [1.82, 2.24) is 25.2 Å². The molecule has 106 valence electrons. The average molecular weight is 277 g/mol. The number of nitrogens with zero attached hydrogens (tertiary/aromatic N) is 4. The fourth-order valence-electron chi connectivity index (χ4n) is 1.61. The summed E-state index contributed by atoms with van der Waals surface area (Å²) in [6, 6.07) is 0.162. The molecular weight excluding hydrogens is 263 g/mol. The molecule has 0 aliphatic carbocycles. The Kier molecular flexibility index (Phi) is 3.74. The summed E-state index contributed by atoms with van der Waals surface area (Å²) in [5.41, 5.74) is 0.0663. The number of carbonyl (C=O) groups excluding carboxylic acids is 1. The van der Waals surface area contributed by atoms with Gasteiger partial charge >= 0.3 is 6.18 Å². The van der Waals surface area contributed by atoms with Gasteiger partial charge in [-0.1, -0.05) is 5.21 Å². The number of alkyl halides is 3. The summed E-state index contributed by atoms with van der Waals surface area (Å²) in [6.07, 6.45) is -3.84. The molecule has 19 heavy (non-hydrogen) atoms.